The molecule has 0 radical (unpaired) electrons. The molecule has 0 aliphatic heterocycles. The van der Waals surface area contributed by atoms with Gasteiger partial charge in [0.15, 0.2) is 0 Å². The Balaban J connectivity index is 1.99. The molecule has 0 saturated heterocycles. The number of nitriles is 1. The average molecular weight is 301 g/mol. The molecule has 1 N–H and O–H groups in total. The van der Waals surface area contributed by atoms with Crippen molar-refractivity contribution in [1.82, 2.24) is 9.71 Å². The zero-order valence-electron chi connectivity index (χ0n) is 11.6. The van der Waals surface area contributed by atoms with E-state index in [0.29, 0.717) is 13.0 Å². The van der Waals surface area contributed by atoms with Gasteiger partial charge in [0.25, 0.3) is 0 Å². The SMILES string of the molecule is Cc1cccc(CCNS(=O)(=O)c2ccc(C#N)nc2)c1. The van der Waals surface area contributed by atoms with Crippen molar-refractivity contribution in [2.24, 2.45) is 0 Å². The molecule has 0 fully saturated rings. The first-order chi connectivity index (χ1) is 10.0. The Morgan fingerprint density at radius 2 is 2.10 bits per heavy atom. The van der Waals surface area contributed by atoms with Crippen molar-refractivity contribution < 1.29 is 8.42 Å². The molecular formula is C15H15N3O2S. The first-order valence-corrected chi connectivity index (χ1v) is 7.91. The van der Waals surface area contributed by atoms with Crippen LogP contribution in [-0.2, 0) is 16.4 Å². The standard InChI is InChI=1S/C15H15N3O2S/c1-12-3-2-4-13(9-12)7-8-18-21(19,20)15-6-5-14(10-16)17-11-15/h2-6,9,11,18H,7-8H2,1H3. The van der Waals surface area contributed by atoms with Crippen molar-refractivity contribution in [3.8, 4) is 6.07 Å². The average Bonchev–Trinajstić information content (AvgIpc) is 2.47. The maximum atomic E-state index is 12.1. The molecule has 2 rings (SSSR count). The van der Waals surface area contributed by atoms with E-state index < -0.39 is 10.0 Å². The zero-order valence-corrected chi connectivity index (χ0v) is 12.4. The van der Waals surface area contributed by atoms with Crippen LogP contribution in [-0.4, -0.2) is 19.9 Å². The third-order valence-electron chi connectivity index (χ3n) is 2.95. The summed E-state index contributed by atoms with van der Waals surface area (Å²) in [4.78, 5) is 3.82. The van der Waals surface area contributed by atoms with Crippen LogP contribution in [0.15, 0.2) is 47.5 Å². The molecule has 21 heavy (non-hydrogen) atoms. The van der Waals surface area contributed by atoms with Crippen molar-refractivity contribution in [2.75, 3.05) is 6.54 Å². The van der Waals surface area contributed by atoms with Crippen LogP contribution in [0.2, 0.25) is 0 Å². The van der Waals surface area contributed by atoms with Crippen molar-refractivity contribution in [1.29, 1.82) is 5.26 Å². The number of rotatable bonds is 5. The quantitative estimate of drug-likeness (QED) is 0.912. The number of aryl methyl sites for hydroxylation is 1. The summed E-state index contributed by atoms with van der Waals surface area (Å²) in [5.74, 6) is 0. The number of pyridine rings is 1. The van der Waals surface area contributed by atoms with Gasteiger partial charge in [-0.05, 0) is 31.0 Å². The van der Waals surface area contributed by atoms with Gasteiger partial charge in [0, 0.05) is 12.7 Å². The lowest BCUT2D eigenvalue weighted by Crippen LogP contribution is -2.26. The van der Waals surface area contributed by atoms with Gasteiger partial charge in [-0.25, -0.2) is 18.1 Å². The summed E-state index contributed by atoms with van der Waals surface area (Å²) in [6, 6.07) is 12.5. The Kier molecular flexibility index (Phi) is 4.68. The van der Waals surface area contributed by atoms with Crippen LogP contribution < -0.4 is 4.72 Å². The maximum absolute atomic E-state index is 12.1. The lowest BCUT2D eigenvalue weighted by molar-refractivity contribution is 0.581. The third kappa shape index (κ3) is 4.12. The van der Waals surface area contributed by atoms with Gasteiger partial charge in [-0.1, -0.05) is 29.8 Å². The fourth-order valence-corrected chi connectivity index (χ4v) is 2.86. The predicted molar refractivity (Wildman–Crippen MR) is 79.0 cm³/mol. The van der Waals surface area contributed by atoms with Crippen LogP contribution in [0.3, 0.4) is 0 Å². The van der Waals surface area contributed by atoms with Gasteiger partial charge >= 0.3 is 0 Å². The number of nitrogens with one attached hydrogen (secondary N) is 1. The summed E-state index contributed by atoms with van der Waals surface area (Å²) in [6.07, 6.45) is 1.80. The van der Waals surface area contributed by atoms with Crippen molar-refractivity contribution in [3.05, 3.63) is 59.4 Å². The molecule has 1 aromatic carbocycles. The Bertz CT molecular complexity index is 762. The van der Waals surface area contributed by atoms with Gasteiger partial charge in [0.1, 0.15) is 16.7 Å². The van der Waals surface area contributed by atoms with Crippen LogP contribution in [0.25, 0.3) is 0 Å². The summed E-state index contributed by atoms with van der Waals surface area (Å²) in [7, 11) is -3.59. The Labute approximate surface area is 124 Å². The number of benzene rings is 1. The monoisotopic (exact) mass is 301 g/mol. The summed E-state index contributed by atoms with van der Waals surface area (Å²) in [5.41, 5.74) is 2.41. The fourth-order valence-electron chi connectivity index (χ4n) is 1.89. The largest absolute Gasteiger partial charge is 0.244 e. The highest BCUT2D eigenvalue weighted by molar-refractivity contribution is 7.89. The van der Waals surface area contributed by atoms with Crippen LogP contribution >= 0.6 is 0 Å². The molecule has 6 heteroatoms. The first kappa shape index (κ1) is 15.2. The normalized spacial score (nSPS) is 11.0. The molecule has 0 atom stereocenters. The Hall–Kier alpha value is -2.23. The van der Waals surface area contributed by atoms with E-state index in [4.69, 9.17) is 5.26 Å². The molecule has 0 unspecified atom stereocenters. The smallest absolute Gasteiger partial charge is 0.242 e. The molecule has 1 aromatic heterocycles. The number of hydrogen-bond acceptors (Lipinski definition) is 4. The molecule has 0 spiro atoms. The minimum absolute atomic E-state index is 0.0609. The van der Waals surface area contributed by atoms with Gasteiger partial charge < -0.3 is 0 Å². The topological polar surface area (TPSA) is 82.9 Å². The molecule has 2 aromatic rings. The highest BCUT2D eigenvalue weighted by atomic mass is 32.2. The molecule has 0 saturated carbocycles. The van der Waals surface area contributed by atoms with E-state index in [1.165, 1.54) is 18.3 Å². The van der Waals surface area contributed by atoms with E-state index in [1.54, 1.807) is 0 Å². The van der Waals surface area contributed by atoms with Crippen molar-refractivity contribution >= 4 is 10.0 Å². The number of hydrogen-bond donors (Lipinski definition) is 1. The van der Waals surface area contributed by atoms with Crippen LogP contribution in [0, 0.1) is 18.3 Å². The summed E-state index contributed by atoms with van der Waals surface area (Å²) in [6.45, 7) is 2.31. The molecule has 1 heterocycles. The fraction of sp³-hybridized carbons (Fsp3) is 0.200. The minimum atomic E-state index is -3.59. The van der Waals surface area contributed by atoms with Gasteiger partial charge in [-0.15, -0.1) is 0 Å². The second kappa shape index (κ2) is 6.48. The van der Waals surface area contributed by atoms with Crippen LogP contribution in [0.5, 0.6) is 0 Å². The zero-order chi connectivity index (χ0) is 15.3. The molecule has 5 nitrogen and oxygen atoms in total. The first-order valence-electron chi connectivity index (χ1n) is 6.42. The summed E-state index contributed by atoms with van der Waals surface area (Å²) in [5, 5.41) is 8.64. The Morgan fingerprint density at radius 3 is 2.71 bits per heavy atom. The maximum Gasteiger partial charge on any atom is 0.242 e. The molecule has 0 amide bonds. The highest BCUT2D eigenvalue weighted by Crippen LogP contribution is 2.08. The highest BCUT2D eigenvalue weighted by Gasteiger charge is 2.13. The van der Waals surface area contributed by atoms with Crippen LogP contribution in [0.1, 0.15) is 16.8 Å². The molecule has 0 bridgehead atoms. The molecule has 0 aliphatic rings. The third-order valence-corrected chi connectivity index (χ3v) is 4.40. The summed E-state index contributed by atoms with van der Waals surface area (Å²) >= 11 is 0. The van der Waals surface area contributed by atoms with Gasteiger partial charge in [0.2, 0.25) is 10.0 Å². The van der Waals surface area contributed by atoms with Gasteiger partial charge in [-0.3, -0.25) is 0 Å². The van der Waals surface area contributed by atoms with E-state index in [1.807, 2.05) is 37.3 Å². The van der Waals surface area contributed by atoms with E-state index in [-0.39, 0.29) is 10.6 Å². The van der Waals surface area contributed by atoms with Crippen molar-refractivity contribution in [3.63, 3.8) is 0 Å². The molecule has 0 aliphatic carbocycles. The lowest BCUT2D eigenvalue weighted by Gasteiger charge is -2.07. The Morgan fingerprint density at radius 1 is 1.29 bits per heavy atom. The number of sulfonamides is 1. The number of aromatic nitrogens is 1. The second-order valence-electron chi connectivity index (χ2n) is 4.63. The van der Waals surface area contributed by atoms with Crippen LogP contribution in [0.4, 0.5) is 0 Å². The minimum Gasteiger partial charge on any atom is -0.244 e. The van der Waals surface area contributed by atoms with E-state index >= 15 is 0 Å². The van der Waals surface area contributed by atoms with Crippen molar-refractivity contribution in [2.45, 2.75) is 18.2 Å². The number of nitrogens with zero attached hydrogens (tertiary/aromatic N) is 2. The summed E-state index contributed by atoms with van der Waals surface area (Å²) < 4.78 is 26.6. The van der Waals surface area contributed by atoms with E-state index in [9.17, 15) is 8.42 Å². The predicted octanol–water partition coefficient (Wildman–Crippen LogP) is 1.78. The molecular weight excluding hydrogens is 286 g/mol. The van der Waals surface area contributed by atoms with Gasteiger partial charge in [-0.2, -0.15) is 5.26 Å². The lowest BCUT2D eigenvalue weighted by atomic mass is 10.1. The van der Waals surface area contributed by atoms with Gasteiger partial charge in [0.05, 0.1) is 0 Å². The van der Waals surface area contributed by atoms with E-state index in [2.05, 4.69) is 9.71 Å². The van der Waals surface area contributed by atoms with E-state index in [0.717, 1.165) is 11.1 Å². The second-order valence-corrected chi connectivity index (χ2v) is 6.39. The molecule has 108 valence electrons.